The molecule has 0 aliphatic heterocycles. The van der Waals surface area contributed by atoms with Gasteiger partial charge in [-0.05, 0) is 59.7 Å². The van der Waals surface area contributed by atoms with E-state index in [1.54, 1.807) is 16.7 Å². The van der Waals surface area contributed by atoms with Crippen LogP contribution in [-0.4, -0.2) is 36.1 Å². The Morgan fingerprint density at radius 2 is 1.26 bits per heavy atom. The van der Waals surface area contributed by atoms with E-state index in [0.717, 1.165) is 24.7 Å². The zero-order valence-electron chi connectivity index (χ0n) is 11.5. The summed E-state index contributed by atoms with van der Waals surface area (Å²) in [7, 11) is 1.73. The third-order valence-corrected chi connectivity index (χ3v) is 3.81. The van der Waals surface area contributed by atoms with Gasteiger partial charge in [-0.25, -0.2) is 10.2 Å². The van der Waals surface area contributed by atoms with Gasteiger partial charge in [0.25, 0.3) is 0 Å². The zero-order valence-corrected chi connectivity index (χ0v) is 13.1. The van der Waals surface area contributed by atoms with Crippen molar-refractivity contribution in [3.8, 4) is 0 Å². The minimum Gasteiger partial charge on any atom is -0.458 e. The maximum Gasteiger partial charge on any atom is 0.152 e. The molecule has 0 saturated heterocycles. The van der Waals surface area contributed by atoms with E-state index in [4.69, 9.17) is 24.4 Å². The summed E-state index contributed by atoms with van der Waals surface area (Å²) in [5.41, 5.74) is 0. The van der Waals surface area contributed by atoms with Crippen molar-refractivity contribution in [1.82, 2.24) is 28.5 Å². The van der Waals surface area contributed by atoms with Crippen molar-refractivity contribution in [3.05, 3.63) is 21.2 Å². The predicted octanol–water partition coefficient (Wildman–Crippen LogP) is 1.73. The van der Waals surface area contributed by atoms with Crippen LogP contribution < -0.4 is 0 Å². The normalized spacial score (nSPS) is 11.2. The van der Waals surface area contributed by atoms with Crippen LogP contribution in [0.2, 0.25) is 0 Å². The van der Waals surface area contributed by atoms with Gasteiger partial charge in [-0.1, -0.05) is 0 Å². The average molecular weight is 295 g/mol. The van der Waals surface area contributed by atoms with Crippen LogP contribution in [0.1, 0.15) is 25.5 Å². The molecule has 0 aliphatic carbocycles. The van der Waals surface area contributed by atoms with Crippen molar-refractivity contribution in [2.75, 3.05) is 0 Å². The van der Waals surface area contributed by atoms with E-state index < -0.39 is 0 Å². The topological polar surface area (TPSA) is 45.5 Å². The van der Waals surface area contributed by atoms with Crippen LogP contribution in [0, 0.1) is 23.4 Å². The van der Waals surface area contributed by atoms with Crippen molar-refractivity contribution in [2.24, 2.45) is 0 Å². The first-order valence-electron chi connectivity index (χ1n) is 6.16. The summed E-state index contributed by atoms with van der Waals surface area (Å²) in [5.74, 6) is 1.75. The molecule has 102 valence electrons. The minimum absolute atomic E-state index is 0.644. The number of aromatic nitrogens is 6. The van der Waals surface area contributed by atoms with Crippen LogP contribution in [0.3, 0.4) is 0 Å². The van der Waals surface area contributed by atoms with Crippen LogP contribution in [0.4, 0.5) is 0 Å². The predicted molar refractivity (Wildman–Crippen MR) is 79.5 cm³/mol. The van der Waals surface area contributed by atoms with Crippen molar-refractivity contribution < 1.29 is 0 Å². The monoisotopic (exact) mass is 295 g/mol. The third kappa shape index (κ3) is 2.44. The van der Waals surface area contributed by atoms with Gasteiger partial charge >= 0.3 is 0 Å². The van der Waals surface area contributed by atoms with Crippen LogP contribution >= 0.6 is 24.4 Å². The van der Waals surface area contributed by atoms with Gasteiger partial charge in [0, 0.05) is 13.1 Å². The number of hydrogen-bond acceptors (Lipinski definition) is 4. The van der Waals surface area contributed by atoms with Gasteiger partial charge in [0.15, 0.2) is 9.54 Å². The van der Waals surface area contributed by atoms with Crippen LogP contribution in [0.5, 0.6) is 0 Å². The minimum atomic E-state index is 0.644. The van der Waals surface area contributed by atoms with E-state index in [1.165, 1.54) is 0 Å². The standard InChI is InChI=1S/C10H16BN6S2/c1-5-14-7(3)12-16(9(14)18)11-17-10(19)15(6-2)8(4)13-17/h5-6H2,1-4H3/q-1. The summed E-state index contributed by atoms with van der Waals surface area (Å²) in [6.07, 6.45) is 0. The fraction of sp³-hybridized carbons (Fsp3) is 0.600. The van der Waals surface area contributed by atoms with Gasteiger partial charge in [-0.15, -0.1) is 0 Å². The molecule has 0 aromatic carbocycles. The molecule has 2 heterocycles. The van der Waals surface area contributed by atoms with Crippen LogP contribution in [0.15, 0.2) is 0 Å². The van der Waals surface area contributed by atoms with Gasteiger partial charge in [0.05, 0.1) is 0 Å². The SMILES string of the molecule is CCn1c(C)nn([B-]n2nc(C)n(CC)c2=S)c1=S. The molecule has 0 atom stereocenters. The molecule has 0 amide bonds. The number of hydrogen-bond donors (Lipinski definition) is 0. The molecular formula is C10H16BN6S2-. The number of aryl methyl sites for hydroxylation is 2. The van der Waals surface area contributed by atoms with E-state index in [1.807, 2.05) is 36.8 Å². The molecule has 0 spiro atoms. The second-order valence-electron chi connectivity index (χ2n) is 4.15. The fourth-order valence-corrected chi connectivity index (χ4v) is 2.71. The molecule has 2 radical (unpaired) electrons. The van der Waals surface area contributed by atoms with Gasteiger partial charge in [0.2, 0.25) is 0 Å². The highest BCUT2D eigenvalue weighted by molar-refractivity contribution is 7.71. The first-order valence-corrected chi connectivity index (χ1v) is 6.98. The molecule has 2 aromatic rings. The van der Waals surface area contributed by atoms with Crippen LogP contribution in [-0.2, 0) is 13.1 Å². The van der Waals surface area contributed by atoms with Gasteiger partial charge in [-0.3, -0.25) is 0 Å². The molecule has 9 heteroatoms. The van der Waals surface area contributed by atoms with Gasteiger partial charge in [-0.2, -0.15) is 0 Å². The molecule has 0 aliphatic rings. The Morgan fingerprint density at radius 3 is 1.53 bits per heavy atom. The average Bonchev–Trinajstić information content (AvgIpc) is 2.78. The number of nitrogens with zero attached hydrogens (tertiary/aromatic N) is 6. The lowest BCUT2D eigenvalue weighted by molar-refractivity contribution is 0.716. The highest BCUT2D eigenvalue weighted by Gasteiger charge is 2.02. The van der Waals surface area contributed by atoms with Crippen molar-refractivity contribution in [2.45, 2.75) is 40.8 Å². The van der Waals surface area contributed by atoms with Gasteiger partial charge in [0.1, 0.15) is 11.6 Å². The summed E-state index contributed by atoms with van der Waals surface area (Å²) in [5, 5.41) is 8.77. The Labute approximate surface area is 123 Å². The zero-order chi connectivity index (χ0) is 14.2. The highest BCUT2D eigenvalue weighted by atomic mass is 32.1. The maximum atomic E-state index is 5.37. The lowest BCUT2D eigenvalue weighted by atomic mass is 10.2. The summed E-state index contributed by atoms with van der Waals surface area (Å²) in [4.78, 5) is 0. The Bertz CT molecular complexity index is 646. The highest BCUT2D eigenvalue weighted by Crippen LogP contribution is 2.02. The Hall–Kier alpha value is -1.22. The smallest absolute Gasteiger partial charge is 0.152 e. The Morgan fingerprint density at radius 1 is 0.895 bits per heavy atom. The molecule has 0 unspecified atom stereocenters. The van der Waals surface area contributed by atoms with E-state index in [9.17, 15) is 0 Å². The second kappa shape index (κ2) is 5.42. The quantitative estimate of drug-likeness (QED) is 0.636. The van der Waals surface area contributed by atoms with E-state index in [-0.39, 0.29) is 0 Å². The molecule has 0 bridgehead atoms. The Kier molecular flexibility index (Phi) is 4.05. The van der Waals surface area contributed by atoms with Crippen molar-refractivity contribution >= 4 is 32.0 Å². The van der Waals surface area contributed by atoms with E-state index in [0.29, 0.717) is 9.54 Å². The van der Waals surface area contributed by atoms with Crippen LogP contribution in [0.25, 0.3) is 0 Å². The first kappa shape index (κ1) is 14.2. The first-order chi connectivity index (χ1) is 8.99. The lowest BCUT2D eigenvalue weighted by Crippen LogP contribution is -2.20. The van der Waals surface area contributed by atoms with Crippen molar-refractivity contribution in [3.63, 3.8) is 0 Å². The summed E-state index contributed by atoms with van der Waals surface area (Å²) in [6.45, 7) is 9.53. The molecule has 2 rings (SSSR count). The molecule has 2 aromatic heterocycles. The molecular weight excluding hydrogens is 279 g/mol. The van der Waals surface area contributed by atoms with E-state index in [2.05, 4.69) is 10.2 Å². The van der Waals surface area contributed by atoms with Crippen molar-refractivity contribution in [1.29, 1.82) is 0 Å². The summed E-state index contributed by atoms with van der Waals surface area (Å²) >= 11 is 10.7. The fourth-order valence-electron chi connectivity index (χ4n) is 2.01. The molecule has 0 fully saturated rings. The molecule has 0 saturated carbocycles. The largest absolute Gasteiger partial charge is 0.458 e. The summed E-state index contributed by atoms with van der Waals surface area (Å²) < 4.78 is 8.47. The number of rotatable bonds is 4. The summed E-state index contributed by atoms with van der Waals surface area (Å²) in [6, 6.07) is 0. The van der Waals surface area contributed by atoms with E-state index >= 15 is 0 Å². The molecule has 19 heavy (non-hydrogen) atoms. The third-order valence-electron chi connectivity index (χ3n) is 2.99. The lowest BCUT2D eigenvalue weighted by Gasteiger charge is -2.16. The molecule has 0 N–H and O–H groups in total. The molecule has 6 nitrogen and oxygen atoms in total. The second-order valence-corrected chi connectivity index (χ2v) is 4.88. The van der Waals surface area contributed by atoms with Gasteiger partial charge < -0.3 is 18.3 Å². The Balaban J connectivity index is 2.43. The maximum absolute atomic E-state index is 5.37.